The molecular weight excluding hydrogens is 288 g/mol. The number of hydrogen-bond donors (Lipinski definition) is 1. The highest BCUT2D eigenvalue weighted by molar-refractivity contribution is 5.89. The lowest BCUT2D eigenvalue weighted by molar-refractivity contribution is 0.0410. The predicted octanol–water partition coefficient (Wildman–Crippen LogP) is 4.86. The first-order chi connectivity index (χ1) is 11.2. The minimum Gasteiger partial charge on any atom is -0.478 e. The molecule has 126 valence electrons. The van der Waals surface area contributed by atoms with Crippen molar-refractivity contribution in [3.05, 3.63) is 35.4 Å². The molecule has 3 heteroatoms. The summed E-state index contributed by atoms with van der Waals surface area (Å²) in [6.07, 6.45) is 10.3. The van der Waals surface area contributed by atoms with Crippen LogP contribution in [0.1, 0.15) is 73.2 Å². The molecule has 1 N–H and O–H groups in total. The minimum atomic E-state index is -0.791. The Balaban J connectivity index is 1.58. The van der Waals surface area contributed by atoms with Gasteiger partial charge in [-0.3, -0.25) is 0 Å². The Bertz CT molecular complexity index is 523. The first kappa shape index (κ1) is 16.5. The number of benzene rings is 1. The summed E-state index contributed by atoms with van der Waals surface area (Å²) in [6, 6.07) is 7.56. The summed E-state index contributed by atoms with van der Waals surface area (Å²) in [5.41, 5.74) is 1.54. The molecule has 0 aromatic heterocycles. The highest BCUT2D eigenvalue weighted by Gasteiger charge is 2.32. The molecule has 2 aliphatic carbocycles. The Morgan fingerprint density at radius 2 is 1.52 bits per heavy atom. The molecule has 0 bridgehead atoms. The van der Waals surface area contributed by atoms with Gasteiger partial charge < -0.3 is 9.84 Å². The first-order valence-electron chi connectivity index (χ1n) is 9.04. The van der Waals surface area contributed by atoms with E-state index in [4.69, 9.17) is 4.74 Å². The van der Waals surface area contributed by atoms with Crippen molar-refractivity contribution in [3.63, 3.8) is 0 Å². The van der Waals surface area contributed by atoms with Crippen molar-refractivity contribution in [1.29, 1.82) is 0 Å². The standard InChI is InChI=1S/C20H28O3/c1-23-17-12-10-15(11-13-17)14-6-8-16(9-7-14)18-4-2-3-5-19(18)20(21)22/h2-5,14-17H,6-13H2,1H3,(H,21,22)/t14?,15-,16?,17-. The minimum absolute atomic E-state index is 0.425. The number of carboxylic acid groups (broad SMARTS) is 1. The summed E-state index contributed by atoms with van der Waals surface area (Å²) in [5.74, 6) is 1.33. The van der Waals surface area contributed by atoms with Crippen LogP contribution in [-0.4, -0.2) is 24.3 Å². The van der Waals surface area contributed by atoms with Crippen LogP contribution in [0.15, 0.2) is 24.3 Å². The van der Waals surface area contributed by atoms with Crippen molar-refractivity contribution >= 4 is 5.97 Å². The summed E-state index contributed by atoms with van der Waals surface area (Å²) < 4.78 is 5.48. The summed E-state index contributed by atoms with van der Waals surface area (Å²) in [7, 11) is 1.83. The molecule has 2 saturated carbocycles. The van der Waals surface area contributed by atoms with Crippen LogP contribution in [-0.2, 0) is 4.74 Å². The number of carbonyl (C=O) groups is 1. The van der Waals surface area contributed by atoms with Gasteiger partial charge in [0, 0.05) is 7.11 Å². The van der Waals surface area contributed by atoms with Gasteiger partial charge in [0.15, 0.2) is 0 Å². The molecule has 23 heavy (non-hydrogen) atoms. The Morgan fingerprint density at radius 1 is 0.957 bits per heavy atom. The van der Waals surface area contributed by atoms with Crippen molar-refractivity contribution < 1.29 is 14.6 Å². The summed E-state index contributed by atoms with van der Waals surface area (Å²) in [4.78, 5) is 11.4. The van der Waals surface area contributed by atoms with E-state index in [0.29, 0.717) is 17.6 Å². The third kappa shape index (κ3) is 3.77. The number of hydrogen-bond acceptors (Lipinski definition) is 2. The lowest BCUT2D eigenvalue weighted by Gasteiger charge is -2.37. The molecule has 3 rings (SSSR count). The number of ether oxygens (including phenoxy) is 1. The molecule has 2 aliphatic rings. The maximum absolute atomic E-state index is 11.4. The quantitative estimate of drug-likeness (QED) is 0.862. The van der Waals surface area contributed by atoms with Crippen LogP contribution in [0.25, 0.3) is 0 Å². The first-order valence-corrected chi connectivity index (χ1v) is 9.04. The van der Waals surface area contributed by atoms with Gasteiger partial charge in [-0.05, 0) is 80.8 Å². The highest BCUT2D eigenvalue weighted by atomic mass is 16.5. The Morgan fingerprint density at radius 3 is 2.09 bits per heavy atom. The topological polar surface area (TPSA) is 46.5 Å². The van der Waals surface area contributed by atoms with Gasteiger partial charge in [-0.15, -0.1) is 0 Å². The second-order valence-corrected chi connectivity index (χ2v) is 7.28. The normalized spacial score (nSPS) is 31.7. The van der Waals surface area contributed by atoms with Crippen LogP contribution in [0.4, 0.5) is 0 Å². The molecular formula is C20H28O3. The molecule has 0 aliphatic heterocycles. The van der Waals surface area contributed by atoms with E-state index in [-0.39, 0.29) is 0 Å². The third-order valence-corrected chi connectivity index (χ3v) is 6.12. The monoisotopic (exact) mass is 316 g/mol. The molecule has 0 heterocycles. The molecule has 0 unspecified atom stereocenters. The maximum atomic E-state index is 11.4. The second kappa shape index (κ2) is 7.48. The van der Waals surface area contributed by atoms with Gasteiger partial charge in [-0.2, -0.15) is 0 Å². The van der Waals surface area contributed by atoms with Crippen LogP contribution in [0.5, 0.6) is 0 Å². The fraction of sp³-hybridized carbons (Fsp3) is 0.650. The van der Waals surface area contributed by atoms with E-state index in [2.05, 4.69) is 0 Å². The molecule has 0 atom stereocenters. The van der Waals surface area contributed by atoms with Gasteiger partial charge >= 0.3 is 5.97 Å². The van der Waals surface area contributed by atoms with E-state index in [1.165, 1.54) is 38.5 Å². The summed E-state index contributed by atoms with van der Waals surface area (Å²) in [5, 5.41) is 9.39. The summed E-state index contributed by atoms with van der Waals surface area (Å²) >= 11 is 0. The molecule has 1 aromatic carbocycles. The van der Waals surface area contributed by atoms with Crippen LogP contribution < -0.4 is 0 Å². The highest BCUT2D eigenvalue weighted by Crippen LogP contribution is 2.43. The van der Waals surface area contributed by atoms with Crippen molar-refractivity contribution in [2.45, 2.75) is 63.4 Å². The van der Waals surface area contributed by atoms with Crippen LogP contribution in [0, 0.1) is 11.8 Å². The van der Waals surface area contributed by atoms with Gasteiger partial charge in [0.05, 0.1) is 11.7 Å². The van der Waals surface area contributed by atoms with Crippen molar-refractivity contribution in [3.8, 4) is 0 Å². The summed E-state index contributed by atoms with van der Waals surface area (Å²) in [6.45, 7) is 0. The van der Waals surface area contributed by atoms with Gasteiger partial charge in [-0.25, -0.2) is 4.79 Å². The maximum Gasteiger partial charge on any atom is 0.335 e. The molecule has 0 radical (unpaired) electrons. The van der Waals surface area contributed by atoms with Gasteiger partial charge in [0.25, 0.3) is 0 Å². The number of aromatic carboxylic acids is 1. The van der Waals surface area contributed by atoms with Crippen LogP contribution >= 0.6 is 0 Å². The Kier molecular flexibility index (Phi) is 5.37. The number of methoxy groups -OCH3 is 1. The molecule has 1 aromatic rings. The molecule has 0 amide bonds. The van der Waals surface area contributed by atoms with Crippen LogP contribution in [0.3, 0.4) is 0 Å². The van der Waals surface area contributed by atoms with Crippen molar-refractivity contribution in [2.75, 3.05) is 7.11 Å². The largest absolute Gasteiger partial charge is 0.478 e. The van der Waals surface area contributed by atoms with Gasteiger partial charge in [0.2, 0.25) is 0 Å². The third-order valence-electron chi connectivity index (χ3n) is 6.12. The van der Waals surface area contributed by atoms with Gasteiger partial charge in [0.1, 0.15) is 0 Å². The Labute approximate surface area is 139 Å². The fourth-order valence-corrected chi connectivity index (χ4v) is 4.75. The van der Waals surface area contributed by atoms with E-state index in [1.807, 2.05) is 25.3 Å². The van der Waals surface area contributed by atoms with E-state index in [9.17, 15) is 9.90 Å². The van der Waals surface area contributed by atoms with Gasteiger partial charge in [-0.1, -0.05) is 18.2 Å². The molecule has 2 fully saturated rings. The lowest BCUT2D eigenvalue weighted by Crippen LogP contribution is -2.28. The smallest absolute Gasteiger partial charge is 0.335 e. The second-order valence-electron chi connectivity index (χ2n) is 7.28. The number of rotatable bonds is 4. The average molecular weight is 316 g/mol. The van der Waals surface area contributed by atoms with E-state index in [1.54, 1.807) is 6.07 Å². The average Bonchev–Trinajstić information content (AvgIpc) is 2.62. The zero-order chi connectivity index (χ0) is 16.2. The molecule has 0 spiro atoms. The van der Waals surface area contributed by atoms with E-state index >= 15 is 0 Å². The zero-order valence-electron chi connectivity index (χ0n) is 14.0. The molecule has 3 nitrogen and oxygen atoms in total. The van der Waals surface area contributed by atoms with E-state index in [0.717, 1.165) is 30.2 Å². The predicted molar refractivity (Wildman–Crippen MR) is 90.9 cm³/mol. The SMILES string of the molecule is CO[C@H]1CC[C@H](C2CCC(c3ccccc3C(=O)O)CC2)CC1. The molecule has 0 saturated heterocycles. The zero-order valence-corrected chi connectivity index (χ0v) is 14.0. The fourth-order valence-electron chi connectivity index (χ4n) is 4.75. The number of carboxylic acids is 1. The van der Waals surface area contributed by atoms with Crippen LogP contribution in [0.2, 0.25) is 0 Å². The lowest BCUT2D eigenvalue weighted by atomic mass is 9.69. The van der Waals surface area contributed by atoms with E-state index < -0.39 is 5.97 Å². The van der Waals surface area contributed by atoms with Crippen molar-refractivity contribution in [2.24, 2.45) is 11.8 Å². The Hall–Kier alpha value is -1.35. The van der Waals surface area contributed by atoms with Crippen molar-refractivity contribution in [1.82, 2.24) is 0 Å².